The number of hydrogen-bond acceptors (Lipinski definition) is 4. The predicted octanol–water partition coefficient (Wildman–Crippen LogP) is 3.62. The van der Waals surface area contributed by atoms with Crippen molar-refractivity contribution in [2.45, 2.75) is 18.0 Å². The zero-order valence-corrected chi connectivity index (χ0v) is 12.7. The van der Waals surface area contributed by atoms with Crippen LogP contribution in [-0.2, 0) is 7.05 Å². The molecule has 0 saturated carbocycles. The Morgan fingerprint density at radius 1 is 1.29 bits per heavy atom. The van der Waals surface area contributed by atoms with Gasteiger partial charge in [0.1, 0.15) is 0 Å². The summed E-state index contributed by atoms with van der Waals surface area (Å²) in [4.78, 5) is 4.43. The second-order valence-electron chi connectivity index (χ2n) is 4.68. The fourth-order valence-electron chi connectivity index (χ4n) is 2.00. The van der Waals surface area contributed by atoms with Gasteiger partial charge in [-0.25, -0.2) is 4.98 Å². The summed E-state index contributed by atoms with van der Waals surface area (Å²) in [5.74, 6) is 0.559. The molecule has 0 aliphatic heterocycles. The number of hydrogen-bond donors (Lipinski definition) is 0. The molecule has 5 heteroatoms. The minimum Gasteiger partial charge on any atom is -0.322 e. The molecule has 1 aromatic carbocycles. The quantitative estimate of drug-likeness (QED) is 0.764. The number of aromatic nitrogens is 2. The van der Waals surface area contributed by atoms with E-state index in [4.69, 9.17) is 10.5 Å². The molecular formula is C16H16N4S. The zero-order chi connectivity index (χ0) is 15.1. The van der Waals surface area contributed by atoms with Gasteiger partial charge in [0, 0.05) is 19.2 Å². The smallest absolute Gasteiger partial charge is 0.168 e. The first-order chi connectivity index (χ1) is 10.3. The SMILES string of the molecule is Cn1c(-c2ccccc2)cnc1SCC(C#N)CCC#N. The summed E-state index contributed by atoms with van der Waals surface area (Å²) in [6.45, 7) is 0. The minimum absolute atomic E-state index is 0.105. The van der Waals surface area contributed by atoms with Crippen molar-refractivity contribution in [3.63, 3.8) is 0 Å². The first-order valence-electron chi connectivity index (χ1n) is 6.72. The lowest BCUT2D eigenvalue weighted by Gasteiger charge is -2.08. The van der Waals surface area contributed by atoms with Gasteiger partial charge in [0.2, 0.25) is 0 Å². The van der Waals surface area contributed by atoms with Crippen LogP contribution < -0.4 is 0 Å². The van der Waals surface area contributed by atoms with Gasteiger partial charge in [-0.3, -0.25) is 0 Å². The molecular weight excluding hydrogens is 280 g/mol. The van der Waals surface area contributed by atoms with Crippen molar-refractivity contribution < 1.29 is 0 Å². The van der Waals surface area contributed by atoms with E-state index in [1.807, 2.05) is 36.0 Å². The Kier molecular flexibility index (Phi) is 5.43. The van der Waals surface area contributed by atoms with Crippen LogP contribution in [-0.4, -0.2) is 15.3 Å². The highest BCUT2D eigenvalue weighted by Gasteiger charge is 2.12. The Morgan fingerprint density at radius 3 is 2.71 bits per heavy atom. The third-order valence-corrected chi connectivity index (χ3v) is 4.42. The Labute approximate surface area is 129 Å². The first-order valence-corrected chi connectivity index (χ1v) is 7.71. The molecule has 0 aliphatic carbocycles. The first kappa shape index (κ1) is 15.2. The fraction of sp³-hybridized carbons (Fsp3) is 0.312. The van der Waals surface area contributed by atoms with E-state index in [0.717, 1.165) is 16.4 Å². The molecule has 0 amide bonds. The summed E-state index contributed by atoms with van der Waals surface area (Å²) >= 11 is 1.57. The largest absolute Gasteiger partial charge is 0.322 e. The molecule has 21 heavy (non-hydrogen) atoms. The Balaban J connectivity index is 2.05. The van der Waals surface area contributed by atoms with Crippen LogP contribution in [0.25, 0.3) is 11.3 Å². The maximum absolute atomic E-state index is 9.08. The molecule has 0 spiro atoms. The Bertz CT molecular complexity index is 664. The number of benzene rings is 1. The van der Waals surface area contributed by atoms with Gasteiger partial charge in [-0.1, -0.05) is 42.1 Å². The summed E-state index contributed by atoms with van der Waals surface area (Å²) in [5.41, 5.74) is 2.18. The van der Waals surface area contributed by atoms with E-state index in [0.29, 0.717) is 18.6 Å². The molecule has 2 rings (SSSR count). The molecule has 1 atom stereocenters. The van der Waals surface area contributed by atoms with Crippen LogP contribution in [0.4, 0.5) is 0 Å². The average Bonchev–Trinajstić information content (AvgIpc) is 2.89. The number of nitrogens with zero attached hydrogens (tertiary/aromatic N) is 4. The second-order valence-corrected chi connectivity index (χ2v) is 5.67. The minimum atomic E-state index is -0.105. The molecule has 2 aromatic rings. The molecule has 1 aromatic heterocycles. The second kappa shape index (κ2) is 7.52. The molecule has 106 valence electrons. The van der Waals surface area contributed by atoms with Crippen molar-refractivity contribution in [2.24, 2.45) is 13.0 Å². The van der Waals surface area contributed by atoms with Crippen molar-refractivity contribution in [3.05, 3.63) is 36.5 Å². The van der Waals surface area contributed by atoms with Crippen LogP contribution in [0.3, 0.4) is 0 Å². The van der Waals surface area contributed by atoms with Crippen LogP contribution in [0, 0.1) is 28.6 Å². The van der Waals surface area contributed by atoms with E-state index in [9.17, 15) is 0 Å². The summed E-state index contributed by atoms with van der Waals surface area (Å²) in [5, 5.41) is 18.6. The van der Waals surface area contributed by atoms with Crippen molar-refractivity contribution in [1.82, 2.24) is 9.55 Å². The summed E-state index contributed by atoms with van der Waals surface area (Å²) < 4.78 is 2.04. The molecule has 0 bridgehead atoms. The summed E-state index contributed by atoms with van der Waals surface area (Å²) in [7, 11) is 1.98. The van der Waals surface area contributed by atoms with E-state index >= 15 is 0 Å². The van der Waals surface area contributed by atoms with E-state index in [-0.39, 0.29) is 5.92 Å². The predicted molar refractivity (Wildman–Crippen MR) is 83.3 cm³/mol. The molecule has 1 unspecified atom stereocenters. The van der Waals surface area contributed by atoms with Gasteiger partial charge in [-0.05, 0) is 12.0 Å². The molecule has 4 nitrogen and oxygen atoms in total. The van der Waals surface area contributed by atoms with Gasteiger partial charge < -0.3 is 4.57 Å². The highest BCUT2D eigenvalue weighted by Crippen LogP contribution is 2.26. The van der Waals surface area contributed by atoms with Gasteiger partial charge in [0.05, 0.1) is 29.9 Å². The van der Waals surface area contributed by atoms with Crippen molar-refractivity contribution >= 4 is 11.8 Å². The summed E-state index contributed by atoms with van der Waals surface area (Å²) in [6.07, 6.45) is 2.90. The van der Waals surface area contributed by atoms with Gasteiger partial charge in [0.15, 0.2) is 5.16 Å². The van der Waals surface area contributed by atoms with Crippen LogP contribution in [0.2, 0.25) is 0 Å². The van der Waals surface area contributed by atoms with E-state index in [1.54, 1.807) is 11.8 Å². The lowest BCUT2D eigenvalue weighted by molar-refractivity contribution is 0.682. The van der Waals surface area contributed by atoms with Crippen LogP contribution >= 0.6 is 11.8 Å². The van der Waals surface area contributed by atoms with Crippen molar-refractivity contribution in [1.29, 1.82) is 10.5 Å². The third kappa shape index (κ3) is 3.87. The number of nitriles is 2. The standard InChI is InChI=1S/C16H16N4S/c1-20-15(14-7-3-2-4-8-14)11-19-16(20)21-12-13(10-18)6-5-9-17/h2-4,7-8,11,13H,5-6,12H2,1H3. The monoisotopic (exact) mass is 296 g/mol. The number of rotatable bonds is 6. The normalized spacial score (nSPS) is 11.6. The highest BCUT2D eigenvalue weighted by molar-refractivity contribution is 7.99. The average molecular weight is 296 g/mol. The number of imidazole rings is 1. The fourth-order valence-corrected chi connectivity index (χ4v) is 3.01. The summed E-state index contributed by atoms with van der Waals surface area (Å²) in [6, 6.07) is 14.4. The van der Waals surface area contributed by atoms with E-state index in [1.165, 1.54) is 0 Å². The van der Waals surface area contributed by atoms with Crippen LogP contribution in [0.5, 0.6) is 0 Å². The topological polar surface area (TPSA) is 65.4 Å². The molecule has 0 fully saturated rings. The van der Waals surface area contributed by atoms with Crippen molar-refractivity contribution in [3.8, 4) is 23.4 Å². The number of thioether (sulfide) groups is 1. The molecule has 0 radical (unpaired) electrons. The zero-order valence-electron chi connectivity index (χ0n) is 11.9. The van der Waals surface area contributed by atoms with Gasteiger partial charge in [-0.2, -0.15) is 10.5 Å². The maximum Gasteiger partial charge on any atom is 0.168 e. The van der Waals surface area contributed by atoms with Gasteiger partial charge >= 0.3 is 0 Å². The van der Waals surface area contributed by atoms with Gasteiger partial charge in [-0.15, -0.1) is 0 Å². The highest BCUT2D eigenvalue weighted by atomic mass is 32.2. The molecule has 0 saturated heterocycles. The lowest BCUT2D eigenvalue weighted by atomic mass is 10.1. The molecule has 1 heterocycles. The third-order valence-electron chi connectivity index (χ3n) is 3.22. The maximum atomic E-state index is 9.08. The molecule has 0 N–H and O–H groups in total. The Morgan fingerprint density at radius 2 is 2.05 bits per heavy atom. The van der Waals surface area contributed by atoms with E-state index < -0.39 is 0 Å². The van der Waals surface area contributed by atoms with Gasteiger partial charge in [0.25, 0.3) is 0 Å². The Hall–Kier alpha value is -2.24. The van der Waals surface area contributed by atoms with Crippen LogP contribution in [0.15, 0.2) is 41.7 Å². The lowest BCUT2D eigenvalue weighted by Crippen LogP contribution is -2.02. The van der Waals surface area contributed by atoms with Crippen molar-refractivity contribution in [2.75, 3.05) is 5.75 Å². The van der Waals surface area contributed by atoms with E-state index in [2.05, 4.69) is 29.3 Å². The van der Waals surface area contributed by atoms with Crippen LogP contribution in [0.1, 0.15) is 12.8 Å². The molecule has 0 aliphatic rings.